The zero-order valence-corrected chi connectivity index (χ0v) is 12.9. The smallest absolute Gasteiger partial charge is 0.343 e. The Morgan fingerprint density at radius 3 is 2.39 bits per heavy atom. The third-order valence-corrected chi connectivity index (χ3v) is 4.34. The summed E-state index contributed by atoms with van der Waals surface area (Å²) in [6.07, 6.45) is 0.869. The van der Waals surface area contributed by atoms with E-state index in [2.05, 4.69) is 31.2 Å². The lowest BCUT2D eigenvalue weighted by atomic mass is 9.95. The predicted octanol–water partition coefficient (Wildman–Crippen LogP) is 4.79. The number of esters is 1. The first-order chi connectivity index (χ1) is 11.2. The van der Waals surface area contributed by atoms with Gasteiger partial charge in [0.1, 0.15) is 5.75 Å². The number of aryl methyl sites for hydroxylation is 1. The molecule has 0 aliphatic heterocycles. The van der Waals surface area contributed by atoms with Crippen molar-refractivity contribution in [3.8, 4) is 16.9 Å². The second kappa shape index (κ2) is 5.40. The van der Waals surface area contributed by atoms with Gasteiger partial charge in [-0.05, 0) is 53.8 Å². The van der Waals surface area contributed by atoms with Crippen LogP contribution in [-0.4, -0.2) is 5.97 Å². The summed E-state index contributed by atoms with van der Waals surface area (Å²) in [6.45, 7) is 2.10. The number of benzene rings is 3. The topological polar surface area (TPSA) is 26.3 Å². The first-order valence-corrected chi connectivity index (χ1v) is 7.71. The molecule has 0 radical (unpaired) electrons. The average Bonchev–Trinajstić information content (AvgIpc) is 2.89. The van der Waals surface area contributed by atoms with E-state index < -0.39 is 0 Å². The van der Waals surface area contributed by atoms with Crippen molar-refractivity contribution < 1.29 is 9.53 Å². The monoisotopic (exact) mass is 300 g/mol. The van der Waals surface area contributed by atoms with E-state index in [4.69, 9.17) is 4.74 Å². The molecule has 5 rings (SSSR count). The Morgan fingerprint density at radius 2 is 1.65 bits per heavy atom. The second-order valence-corrected chi connectivity index (χ2v) is 5.86. The molecule has 2 nitrogen and oxygen atoms in total. The van der Waals surface area contributed by atoms with Gasteiger partial charge in [0.05, 0.1) is 5.56 Å². The molecule has 0 spiro atoms. The Balaban J connectivity index is 1.79. The summed E-state index contributed by atoms with van der Waals surface area (Å²) in [5.41, 5.74) is 6.44. The highest BCUT2D eigenvalue weighted by atomic mass is 16.5. The molecule has 2 aliphatic rings. The van der Waals surface area contributed by atoms with Crippen molar-refractivity contribution in [3.05, 3.63) is 89.0 Å². The van der Waals surface area contributed by atoms with Crippen molar-refractivity contribution in [2.24, 2.45) is 0 Å². The van der Waals surface area contributed by atoms with Gasteiger partial charge in [0.15, 0.2) is 0 Å². The zero-order valence-electron chi connectivity index (χ0n) is 12.9. The number of ether oxygens (including phenoxy) is 1. The molecule has 23 heavy (non-hydrogen) atoms. The van der Waals surface area contributed by atoms with Crippen LogP contribution in [0.5, 0.6) is 5.75 Å². The number of rotatable bonds is 2. The summed E-state index contributed by atoms with van der Waals surface area (Å²) in [7, 11) is 0. The maximum absolute atomic E-state index is 12.4. The number of carbonyl (C=O) groups is 1. The summed E-state index contributed by atoms with van der Waals surface area (Å²) in [5, 5.41) is 0. The van der Waals surface area contributed by atoms with Crippen molar-refractivity contribution >= 4 is 5.97 Å². The van der Waals surface area contributed by atoms with Gasteiger partial charge in [0.2, 0.25) is 0 Å². The number of hydrogen-bond donors (Lipinski definition) is 0. The summed E-state index contributed by atoms with van der Waals surface area (Å²) < 4.78 is 5.72. The molecule has 0 aromatic heterocycles. The molecule has 2 heteroatoms. The fourth-order valence-electron chi connectivity index (χ4n) is 3.09. The molecular weight excluding hydrogens is 284 g/mol. The van der Waals surface area contributed by atoms with Gasteiger partial charge in [0, 0.05) is 5.56 Å². The number of hydrogen-bond acceptors (Lipinski definition) is 2. The van der Waals surface area contributed by atoms with E-state index in [1.54, 1.807) is 12.1 Å². The van der Waals surface area contributed by atoms with Gasteiger partial charge in [-0.1, -0.05) is 48.5 Å². The van der Waals surface area contributed by atoms with E-state index in [0.717, 1.165) is 17.5 Å². The number of fused-ring (bicyclic) bond motifs is 2. The minimum Gasteiger partial charge on any atom is -0.422 e. The van der Waals surface area contributed by atoms with Crippen LogP contribution < -0.4 is 4.74 Å². The quantitative estimate of drug-likeness (QED) is 0.393. The third kappa shape index (κ3) is 2.42. The van der Waals surface area contributed by atoms with Gasteiger partial charge in [-0.2, -0.15) is 0 Å². The maximum atomic E-state index is 12.4. The highest BCUT2D eigenvalue weighted by Crippen LogP contribution is 2.39. The fraction of sp³-hybridized carbons (Fsp3) is 0.0952. The molecule has 112 valence electrons. The molecule has 0 saturated heterocycles. The van der Waals surface area contributed by atoms with Gasteiger partial charge in [-0.15, -0.1) is 0 Å². The molecule has 0 atom stereocenters. The summed E-state index contributed by atoms with van der Waals surface area (Å²) in [6, 6.07) is 21.5. The second-order valence-electron chi connectivity index (χ2n) is 5.86. The van der Waals surface area contributed by atoms with Crippen LogP contribution in [0, 0.1) is 6.92 Å². The molecule has 0 saturated carbocycles. The lowest BCUT2D eigenvalue weighted by Crippen LogP contribution is -2.09. The molecule has 3 aromatic rings. The van der Waals surface area contributed by atoms with Crippen molar-refractivity contribution in [1.82, 2.24) is 0 Å². The van der Waals surface area contributed by atoms with E-state index in [9.17, 15) is 4.79 Å². The minimum atomic E-state index is -0.323. The van der Waals surface area contributed by atoms with Crippen molar-refractivity contribution in [3.63, 3.8) is 0 Å². The summed E-state index contributed by atoms with van der Waals surface area (Å²) >= 11 is 0. The molecule has 0 amide bonds. The molecule has 3 aromatic carbocycles. The van der Waals surface area contributed by atoms with Crippen LogP contribution in [-0.2, 0) is 6.42 Å². The Hall–Kier alpha value is -2.87. The van der Waals surface area contributed by atoms with Crippen LogP contribution in [0.3, 0.4) is 0 Å². The third-order valence-electron chi connectivity index (χ3n) is 4.34. The first kappa shape index (κ1) is 13.8. The molecule has 0 heterocycles. The summed E-state index contributed by atoms with van der Waals surface area (Å²) in [4.78, 5) is 12.4. The zero-order chi connectivity index (χ0) is 15.8. The Bertz CT molecular complexity index is 878. The van der Waals surface area contributed by atoms with Crippen LogP contribution in [0.25, 0.3) is 11.1 Å². The molecular formula is C21H16O2. The lowest BCUT2D eigenvalue weighted by Gasteiger charge is -2.15. The largest absolute Gasteiger partial charge is 0.422 e. The highest BCUT2D eigenvalue weighted by molar-refractivity contribution is 5.92. The van der Waals surface area contributed by atoms with Crippen molar-refractivity contribution in [1.29, 1.82) is 0 Å². The van der Waals surface area contributed by atoms with Crippen LogP contribution >= 0.6 is 0 Å². The van der Waals surface area contributed by atoms with Crippen LogP contribution in [0.15, 0.2) is 66.7 Å². The average molecular weight is 300 g/mol. The van der Waals surface area contributed by atoms with Gasteiger partial charge in [0.25, 0.3) is 0 Å². The van der Waals surface area contributed by atoms with Crippen molar-refractivity contribution in [2.45, 2.75) is 13.3 Å². The lowest BCUT2D eigenvalue weighted by molar-refractivity contribution is 0.0735. The van der Waals surface area contributed by atoms with Crippen molar-refractivity contribution in [2.75, 3.05) is 0 Å². The van der Waals surface area contributed by atoms with Gasteiger partial charge in [-0.3, -0.25) is 0 Å². The SMILES string of the molecule is Cc1ccc(OC(=O)c2ccccc2)c2c1Cc1ccc-2cc1. The standard InChI is InChI=1S/C21H16O2/c1-14-7-12-19(23-21(22)17-5-3-2-4-6-17)20-16-10-8-15(9-11-16)13-18(14)20/h2-12H,13H2,1H3. The maximum Gasteiger partial charge on any atom is 0.343 e. The van der Waals surface area contributed by atoms with Gasteiger partial charge in [-0.25, -0.2) is 4.79 Å². The van der Waals surface area contributed by atoms with E-state index in [0.29, 0.717) is 11.3 Å². The van der Waals surface area contributed by atoms with E-state index >= 15 is 0 Å². The van der Waals surface area contributed by atoms with E-state index in [1.165, 1.54) is 16.7 Å². The molecule has 2 bridgehead atoms. The molecule has 0 fully saturated rings. The number of carbonyl (C=O) groups excluding carboxylic acids is 1. The molecule has 0 unspecified atom stereocenters. The van der Waals surface area contributed by atoms with E-state index in [1.807, 2.05) is 30.3 Å². The molecule has 0 N–H and O–H groups in total. The Morgan fingerprint density at radius 1 is 0.913 bits per heavy atom. The summed E-state index contributed by atoms with van der Waals surface area (Å²) in [5.74, 6) is 0.309. The normalized spacial score (nSPS) is 11.7. The van der Waals surface area contributed by atoms with Crippen LogP contribution in [0.2, 0.25) is 0 Å². The molecule has 2 aliphatic carbocycles. The van der Waals surface area contributed by atoms with Gasteiger partial charge < -0.3 is 4.74 Å². The Labute approximate surface area is 135 Å². The van der Waals surface area contributed by atoms with Gasteiger partial charge >= 0.3 is 5.97 Å². The Kier molecular flexibility index (Phi) is 3.23. The highest BCUT2D eigenvalue weighted by Gasteiger charge is 2.20. The van der Waals surface area contributed by atoms with Crippen LogP contribution in [0.1, 0.15) is 27.0 Å². The first-order valence-electron chi connectivity index (χ1n) is 7.71. The fourth-order valence-corrected chi connectivity index (χ4v) is 3.09. The van der Waals surface area contributed by atoms with E-state index in [-0.39, 0.29) is 5.97 Å². The van der Waals surface area contributed by atoms with Crippen LogP contribution in [0.4, 0.5) is 0 Å². The minimum absolute atomic E-state index is 0.323. The predicted molar refractivity (Wildman–Crippen MR) is 90.8 cm³/mol.